The number of amides is 1. The number of benzene rings is 3. The molecule has 12 heteroatoms. The van der Waals surface area contributed by atoms with Gasteiger partial charge in [0.25, 0.3) is 5.91 Å². The predicted octanol–water partition coefficient (Wildman–Crippen LogP) is 5.07. The van der Waals surface area contributed by atoms with Gasteiger partial charge in [-0.05, 0) is 37.2 Å². The van der Waals surface area contributed by atoms with Crippen LogP contribution >= 0.6 is 23.2 Å². The van der Waals surface area contributed by atoms with E-state index < -0.39 is 17.7 Å². The number of hydrogen-bond acceptors (Lipinski definition) is 7. The number of halogens is 3. The van der Waals surface area contributed by atoms with Gasteiger partial charge < -0.3 is 34.4 Å². The van der Waals surface area contributed by atoms with Gasteiger partial charge in [-0.15, -0.1) is 0 Å². The third-order valence-electron chi connectivity index (χ3n) is 7.61. The summed E-state index contributed by atoms with van der Waals surface area (Å²) in [6.45, 7) is 3.52. The summed E-state index contributed by atoms with van der Waals surface area (Å²) in [5.41, 5.74) is 1.75. The smallest absolute Gasteiger partial charge is 0.337 e. The quantitative estimate of drug-likeness (QED) is 0.397. The van der Waals surface area contributed by atoms with E-state index in [0.717, 1.165) is 25.6 Å². The molecule has 0 radical (unpaired) electrons. The van der Waals surface area contributed by atoms with Gasteiger partial charge in [0.15, 0.2) is 6.73 Å². The number of ether oxygens (including phenoxy) is 3. The van der Waals surface area contributed by atoms with Crippen LogP contribution in [0.3, 0.4) is 0 Å². The second-order valence-corrected chi connectivity index (χ2v) is 11.1. The van der Waals surface area contributed by atoms with E-state index in [2.05, 4.69) is 5.32 Å². The average Bonchev–Trinajstić information content (AvgIpc) is 3.49. The lowest BCUT2D eigenvalue weighted by Crippen LogP contribution is -2.37. The molecule has 3 aromatic rings. The maximum atomic E-state index is 15.4. The molecule has 42 heavy (non-hydrogen) atoms. The predicted molar refractivity (Wildman–Crippen MR) is 156 cm³/mol. The third-order valence-corrected chi connectivity index (χ3v) is 8.21. The van der Waals surface area contributed by atoms with Gasteiger partial charge in [0, 0.05) is 36.3 Å². The molecule has 3 heterocycles. The van der Waals surface area contributed by atoms with Gasteiger partial charge in [-0.3, -0.25) is 4.79 Å². The van der Waals surface area contributed by atoms with Crippen molar-refractivity contribution >= 4 is 40.8 Å². The highest BCUT2D eigenvalue weighted by atomic mass is 35.5. The maximum Gasteiger partial charge on any atom is 0.337 e. The molecule has 2 saturated heterocycles. The molecule has 3 aliphatic rings. The van der Waals surface area contributed by atoms with Crippen molar-refractivity contribution in [2.45, 2.75) is 19.1 Å². The fraction of sp³-hybridized carbons (Fsp3) is 0.333. The zero-order valence-electron chi connectivity index (χ0n) is 22.5. The van der Waals surface area contributed by atoms with E-state index in [1.54, 1.807) is 36.4 Å². The van der Waals surface area contributed by atoms with Gasteiger partial charge in [-0.25, -0.2) is 9.18 Å². The average molecular weight is 616 g/mol. The molecular weight excluding hydrogens is 588 g/mol. The molecule has 0 bridgehead atoms. The molecule has 0 spiro atoms. The summed E-state index contributed by atoms with van der Waals surface area (Å²) >= 11 is 13.0. The molecule has 1 amide bonds. The molecule has 220 valence electrons. The van der Waals surface area contributed by atoms with Crippen molar-refractivity contribution in [3.8, 4) is 22.6 Å². The lowest BCUT2D eigenvalue weighted by molar-refractivity contribution is 0.0516. The van der Waals surface area contributed by atoms with Gasteiger partial charge >= 0.3 is 5.97 Å². The molecule has 0 aromatic heterocycles. The van der Waals surface area contributed by atoms with Crippen LogP contribution in [0.25, 0.3) is 11.1 Å². The molecule has 2 N–H and O–H groups in total. The summed E-state index contributed by atoms with van der Waals surface area (Å²) in [6, 6.07) is 11.0. The largest absolute Gasteiger partial charge is 0.489 e. The molecule has 3 aliphatic heterocycles. The van der Waals surface area contributed by atoms with Crippen LogP contribution in [-0.2, 0) is 11.3 Å². The Hall–Kier alpha value is -3.57. The van der Waals surface area contributed by atoms with E-state index in [-0.39, 0.29) is 46.1 Å². The topological polar surface area (TPSA) is 101 Å². The molecule has 2 fully saturated rings. The van der Waals surface area contributed by atoms with E-state index in [9.17, 15) is 14.7 Å². The number of carboxylic acids is 1. The van der Waals surface area contributed by atoms with Crippen molar-refractivity contribution in [3.63, 3.8) is 0 Å². The first kappa shape index (κ1) is 28.5. The summed E-state index contributed by atoms with van der Waals surface area (Å²) in [5, 5.41) is 13.3. The van der Waals surface area contributed by atoms with Crippen molar-refractivity contribution in [2.75, 3.05) is 51.0 Å². The highest BCUT2D eigenvalue weighted by molar-refractivity contribution is 6.39. The van der Waals surface area contributed by atoms with Gasteiger partial charge in [0.05, 0.1) is 46.6 Å². The fourth-order valence-electron chi connectivity index (χ4n) is 5.52. The van der Waals surface area contributed by atoms with Crippen LogP contribution in [0, 0.1) is 5.82 Å². The Balaban J connectivity index is 1.27. The highest BCUT2D eigenvalue weighted by Crippen LogP contribution is 2.41. The number of carboxylic acid groups (broad SMARTS) is 1. The zero-order chi connectivity index (χ0) is 29.4. The summed E-state index contributed by atoms with van der Waals surface area (Å²) in [5.74, 6) is -1.40. The summed E-state index contributed by atoms with van der Waals surface area (Å²) in [7, 11) is 0. The third kappa shape index (κ3) is 5.59. The van der Waals surface area contributed by atoms with E-state index >= 15 is 4.39 Å². The maximum absolute atomic E-state index is 15.4. The number of rotatable bonds is 6. The Morgan fingerprint density at radius 3 is 2.52 bits per heavy atom. The van der Waals surface area contributed by atoms with Crippen molar-refractivity contribution in [1.29, 1.82) is 0 Å². The Morgan fingerprint density at radius 2 is 1.83 bits per heavy atom. The molecule has 9 nitrogen and oxygen atoms in total. The SMILES string of the molecule is O=C(O)c1cc(F)c(-c2cccc3c2OCN(C(=O)c2c(Cl)cc(O[C@H]4CCNC4)cc2Cl)C3)cc1N1CCOCC1. The molecule has 0 unspecified atom stereocenters. The van der Waals surface area contributed by atoms with E-state index in [0.29, 0.717) is 54.6 Å². The molecule has 0 aliphatic carbocycles. The van der Waals surface area contributed by atoms with Gasteiger partial charge in [-0.2, -0.15) is 0 Å². The summed E-state index contributed by atoms with van der Waals surface area (Å²) < 4.78 is 32.8. The number of hydrogen-bond donors (Lipinski definition) is 2. The second kappa shape index (κ2) is 12.0. The minimum absolute atomic E-state index is 0.00925. The number of carbonyl (C=O) groups excluding carboxylic acids is 1. The van der Waals surface area contributed by atoms with Crippen molar-refractivity contribution in [3.05, 3.63) is 75.0 Å². The lowest BCUT2D eigenvalue weighted by Gasteiger charge is -2.32. The number of nitrogens with zero attached hydrogens (tertiary/aromatic N) is 2. The van der Waals surface area contributed by atoms with Gasteiger partial charge in [0.2, 0.25) is 0 Å². The van der Waals surface area contributed by atoms with Crippen LogP contribution < -0.4 is 19.7 Å². The molecule has 0 saturated carbocycles. The van der Waals surface area contributed by atoms with Crippen molar-refractivity contribution in [1.82, 2.24) is 10.2 Å². The fourth-order valence-corrected chi connectivity index (χ4v) is 6.15. The van der Waals surface area contributed by atoms with E-state index in [1.165, 1.54) is 4.90 Å². The van der Waals surface area contributed by atoms with Crippen molar-refractivity contribution < 1.29 is 33.3 Å². The summed E-state index contributed by atoms with van der Waals surface area (Å²) in [4.78, 5) is 28.8. The molecule has 1 atom stereocenters. The van der Waals surface area contributed by atoms with E-state index in [4.69, 9.17) is 37.4 Å². The van der Waals surface area contributed by atoms with Crippen molar-refractivity contribution in [2.24, 2.45) is 0 Å². The standard InChI is InChI=1S/C30H28Cl2FN3O6/c31-23-10-19(42-18-4-5-34-14-18)11-24(32)27(23)29(37)36-15-17-2-1-3-20(28(17)41-16-36)21-13-26(35-6-8-40-9-7-35)22(30(38)39)12-25(21)33/h1-3,10-13,18,34H,4-9,14-16H2,(H,38,39)/t18-/m0/s1. The van der Waals surface area contributed by atoms with Crippen LogP contribution in [0.4, 0.5) is 10.1 Å². The number of morpholine rings is 1. The Labute approximate surface area is 251 Å². The Morgan fingerprint density at radius 1 is 1.07 bits per heavy atom. The van der Waals surface area contributed by atoms with Crippen LogP contribution in [0.1, 0.15) is 32.7 Å². The van der Waals surface area contributed by atoms with Gasteiger partial charge in [0.1, 0.15) is 23.4 Å². The summed E-state index contributed by atoms with van der Waals surface area (Å²) in [6.07, 6.45) is 0.875. The van der Waals surface area contributed by atoms with Crippen LogP contribution in [0.15, 0.2) is 42.5 Å². The normalized spacial score (nSPS) is 18.4. The number of para-hydroxylation sites is 1. The van der Waals surface area contributed by atoms with Crippen LogP contribution in [-0.4, -0.2) is 74.1 Å². The first-order valence-corrected chi connectivity index (χ1v) is 14.4. The number of anilines is 1. The number of nitrogens with one attached hydrogen (secondary N) is 1. The molecular formula is C30H28Cl2FN3O6. The monoisotopic (exact) mass is 615 g/mol. The number of fused-ring (bicyclic) bond motifs is 1. The number of aromatic carboxylic acids is 1. The molecule has 6 rings (SSSR count). The first-order valence-electron chi connectivity index (χ1n) is 13.6. The van der Waals surface area contributed by atoms with E-state index in [1.807, 2.05) is 4.90 Å². The minimum atomic E-state index is -1.21. The second-order valence-electron chi connectivity index (χ2n) is 10.3. The zero-order valence-corrected chi connectivity index (χ0v) is 24.0. The Kier molecular flexibility index (Phi) is 8.13. The molecule has 3 aromatic carbocycles. The van der Waals surface area contributed by atoms with Crippen LogP contribution in [0.5, 0.6) is 11.5 Å². The Bertz CT molecular complexity index is 1520. The highest BCUT2D eigenvalue weighted by Gasteiger charge is 2.30. The minimum Gasteiger partial charge on any atom is -0.489 e. The first-order chi connectivity index (χ1) is 20.3. The van der Waals surface area contributed by atoms with Crippen LogP contribution in [0.2, 0.25) is 10.0 Å². The lowest BCUT2D eigenvalue weighted by atomic mass is 9.97. The van der Waals surface area contributed by atoms with Gasteiger partial charge in [-0.1, -0.05) is 41.4 Å². The number of carbonyl (C=O) groups is 2.